The van der Waals surface area contributed by atoms with E-state index in [1.54, 1.807) is 0 Å². The van der Waals surface area contributed by atoms with Gasteiger partial charge in [0.1, 0.15) is 0 Å². The summed E-state index contributed by atoms with van der Waals surface area (Å²) in [5.74, 6) is -2.23. The third-order valence-corrected chi connectivity index (χ3v) is 3.21. The van der Waals surface area contributed by atoms with Crippen molar-refractivity contribution in [3.63, 3.8) is 0 Å². The van der Waals surface area contributed by atoms with Crippen molar-refractivity contribution in [3.8, 4) is 5.75 Å². The van der Waals surface area contributed by atoms with Gasteiger partial charge in [-0.1, -0.05) is 12.1 Å². The van der Waals surface area contributed by atoms with Crippen molar-refractivity contribution in [1.82, 2.24) is 0 Å². The normalized spacial score (nSPS) is 12.1. The molecule has 0 unspecified atom stereocenters. The number of Topliss-reactive ketones (excluding diaryl/α,β-unsaturated/α-hetero) is 2. The molecule has 5 nitrogen and oxygen atoms in total. The molecule has 0 N–H and O–H groups in total. The lowest BCUT2D eigenvalue weighted by atomic mass is 10.0. The molecule has 0 aliphatic heterocycles. The molecule has 20 heavy (non-hydrogen) atoms. The molecular formula is C11H9F3O5S. The van der Waals surface area contributed by atoms with E-state index < -0.39 is 38.5 Å². The van der Waals surface area contributed by atoms with E-state index in [9.17, 15) is 31.2 Å². The number of hydrogen-bond donors (Lipinski definition) is 0. The molecule has 0 amide bonds. The molecule has 0 fully saturated rings. The van der Waals surface area contributed by atoms with E-state index in [1.165, 1.54) is 6.07 Å². The summed E-state index contributed by atoms with van der Waals surface area (Å²) in [5.41, 5.74) is -6.35. The highest BCUT2D eigenvalue weighted by atomic mass is 32.2. The maximum Gasteiger partial charge on any atom is 0.534 e. The topological polar surface area (TPSA) is 77.5 Å². The summed E-state index contributed by atoms with van der Waals surface area (Å²) >= 11 is 0. The molecule has 0 saturated heterocycles. The van der Waals surface area contributed by atoms with Gasteiger partial charge in [-0.15, -0.1) is 0 Å². The number of ketones is 2. The largest absolute Gasteiger partial charge is 0.534 e. The summed E-state index contributed by atoms with van der Waals surface area (Å²) in [6, 6.07) is 3.17. The lowest BCUT2D eigenvalue weighted by Gasteiger charge is -2.13. The van der Waals surface area contributed by atoms with Crippen molar-refractivity contribution in [3.05, 3.63) is 29.3 Å². The first kappa shape index (κ1) is 16.2. The Bertz CT molecular complexity index is 661. The summed E-state index contributed by atoms with van der Waals surface area (Å²) in [4.78, 5) is 22.7. The fourth-order valence-electron chi connectivity index (χ4n) is 1.42. The van der Waals surface area contributed by atoms with Crippen LogP contribution in [-0.4, -0.2) is 25.5 Å². The van der Waals surface area contributed by atoms with Gasteiger partial charge in [0.05, 0.1) is 5.56 Å². The van der Waals surface area contributed by atoms with Gasteiger partial charge in [-0.2, -0.15) is 21.6 Å². The second-order valence-corrected chi connectivity index (χ2v) is 5.31. The first-order chi connectivity index (χ1) is 8.97. The summed E-state index contributed by atoms with van der Waals surface area (Å²) in [5, 5.41) is 0. The van der Waals surface area contributed by atoms with Gasteiger partial charge in [0.2, 0.25) is 0 Å². The second kappa shape index (κ2) is 5.23. The van der Waals surface area contributed by atoms with Crippen molar-refractivity contribution in [1.29, 1.82) is 0 Å². The minimum absolute atomic E-state index is 0.215. The zero-order valence-electron chi connectivity index (χ0n) is 10.3. The van der Waals surface area contributed by atoms with Crippen LogP contribution < -0.4 is 4.18 Å². The Balaban J connectivity index is 3.45. The average molecular weight is 310 g/mol. The number of carbonyl (C=O) groups is 2. The zero-order valence-corrected chi connectivity index (χ0v) is 11.1. The molecule has 0 aliphatic carbocycles. The van der Waals surface area contributed by atoms with Crippen molar-refractivity contribution in [2.24, 2.45) is 0 Å². The molecular weight excluding hydrogens is 301 g/mol. The highest BCUT2D eigenvalue weighted by Gasteiger charge is 2.49. The molecule has 1 aromatic carbocycles. The van der Waals surface area contributed by atoms with Gasteiger partial charge in [-0.05, 0) is 19.9 Å². The summed E-state index contributed by atoms with van der Waals surface area (Å²) in [6.45, 7) is 2.07. The van der Waals surface area contributed by atoms with Crippen LogP contribution in [-0.2, 0) is 10.1 Å². The smallest absolute Gasteiger partial charge is 0.375 e. The third-order valence-electron chi connectivity index (χ3n) is 2.24. The van der Waals surface area contributed by atoms with Gasteiger partial charge >= 0.3 is 15.6 Å². The second-order valence-electron chi connectivity index (χ2n) is 3.77. The van der Waals surface area contributed by atoms with Crippen molar-refractivity contribution >= 4 is 21.7 Å². The van der Waals surface area contributed by atoms with Crippen LogP contribution in [0.4, 0.5) is 13.2 Å². The summed E-state index contributed by atoms with van der Waals surface area (Å²) in [6.07, 6.45) is 0. The van der Waals surface area contributed by atoms with Gasteiger partial charge in [0.15, 0.2) is 17.3 Å². The van der Waals surface area contributed by atoms with E-state index in [1.807, 2.05) is 0 Å². The molecule has 1 aromatic rings. The van der Waals surface area contributed by atoms with Gasteiger partial charge in [-0.25, -0.2) is 0 Å². The molecule has 0 spiro atoms. The number of hydrogen-bond acceptors (Lipinski definition) is 5. The Morgan fingerprint density at radius 2 is 1.65 bits per heavy atom. The molecule has 0 aliphatic rings. The van der Waals surface area contributed by atoms with Crippen LogP contribution in [0.1, 0.15) is 34.6 Å². The number of alkyl halides is 3. The fourth-order valence-corrected chi connectivity index (χ4v) is 1.89. The SMILES string of the molecule is CC(=O)c1cccc(OS(=O)(=O)C(F)(F)F)c1C(C)=O. The monoisotopic (exact) mass is 310 g/mol. The van der Waals surface area contributed by atoms with Crippen molar-refractivity contribution < 1.29 is 35.4 Å². The van der Waals surface area contributed by atoms with Crippen LogP contribution in [0.15, 0.2) is 18.2 Å². The van der Waals surface area contributed by atoms with E-state index in [4.69, 9.17) is 0 Å². The minimum Gasteiger partial charge on any atom is -0.375 e. The van der Waals surface area contributed by atoms with Crippen LogP contribution in [0, 0.1) is 0 Å². The van der Waals surface area contributed by atoms with E-state index in [0.29, 0.717) is 0 Å². The maximum absolute atomic E-state index is 12.2. The Morgan fingerprint density at radius 1 is 1.10 bits per heavy atom. The molecule has 0 radical (unpaired) electrons. The maximum atomic E-state index is 12.2. The van der Waals surface area contributed by atoms with Crippen LogP contribution in [0.3, 0.4) is 0 Å². The van der Waals surface area contributed by atoms with Gasteiger partial charge in [-0.3, -0.25) is 9.59 Å². The van der Waals surface area contributed by atoms with E-state index in [-0.39, 0.29) is 5.56 Å². The van der Waals surface area contributed by atoms with E-state index in [2.05, 4.69) is 4.18 Å². The predicted octanol–water partition coefficient (Wildman–Crippen LogP) is 2.32. The molecule has 0 atom stereocenters. The number of benzene rings is 1. The van der Waals surface area contributed by atoms with Gasteiger partial charge in [0, 0.05) is 5.56 Å². The Morgan fingerprint density at radius 3 is 2.05 bits per heavy atom. The summed E-state index contributed by atoms with van der Waals surface area (Å²) < 4.78 is 62.5. The Labute approximate surface area is 112 Å². The zero-order chi connectivity index (χ0) is 15.7. The molecule has 1 rings (SSSR count). The van der Waals surface area contributed by atoms with Crippen LogP contribution >= 0.6 is 0 Å². The van der Waals surface area contributed by atoms with Crippen LogP contribution in [0.2, 0.25) is 0 Å². The number of halogens is 3. The van der Waals surface area contributed by atoms with Crippen LogP contribution in [0.5, 0.6) is 5.75 Å². The van der Waals surface area contributed by atoms with E-state index in [0.717, 1.165) is 26.0 Å². The van der Waals surface area contributed by atoms with E-state index >= 15 is 0 Å². The highest BCUT2D eigenvalue weighted by Crippen LogP contribution is 2.30. The average Bonchev–Trinajstić information content (AvgIpc) is 2.25. The minimum atomic E-state index is -5.91. The first-order valence-corrected chi connectivity index (χ1v) is 6.54. The van der Waals surface area contributed by atoms with Crippen molar-refractivity contribution in [2.45, 2.75) is 19.4 Å². The quantitative estimate of drug-likeness (QED) is 0.484. The molecule has 0 heterocycles. The summed E-state index contributed by atoms with van der Waals surface area (Å²) in [7, 11) is -5.91. The fraction of sp³-hybridized carbons (Fsp3) is 0.273. The molecule has 0 saturated carbocycles. The standard InChI is InChI=1S/C11H9F3O5S/c1-6(15)8-4-3-5-9(10(8)7(2)16)19-20(17,18)11(12,13)14/h3-5H,1-2H3. The highest BCUT2D eigenvalue weighted by molar-refractivity contribution is 7.88. The number of rotatable bonds is 4. The Kier molecular flexibility index (Phi) is 4.23. The number of carbonyl (C=O) groups excluding carboxylic acids is 2. The lowest BCUT2D eigenvalue weighted by Crippen LogP contribution is -2.28. The molecule has 0 aromatic heterocycles. The van der Waals surface area contributed by atoms with Gasteiger partial charge < -0.3 is 4.18 Å². The van der Waals surface area contributed by atoms with Crippen LogP contribution in [0.25, 0.3) is 0 Å². The Hall–Kier alpha value is -1.90. The molecule has 110 valence electrons. The lowest BCUT2D eigenvalue weighted by molar-refractivity contribution is -0.0500. The molecule has 9 heteroatoms. The molecule has 0 bridgehead atoms. The predicted molar refractivity (Wildman–Crippen MR) is 62.1 cm³/mol. The first-order valence-electron chi connectivity index (χ1n) is 5.13. The van der Waals surface area contributed by atoms with Crippen molar-refractivity contribution in [2.75, 3.05) is 0 Å². The van der Waals surface area contributed by atoms with Gasteiger partial charge in [0.25, 0.3) is 0 Å². The third kappa shape index (κ3) is 3.16.